The minimum Gasteiger partial charge on any atom is -0.467 e. The number of methoxy groups -OCH3 is 1. The van der Waals surface area contributed by atoms with Crippen molar-refractivity contribution in [1.82, 2.24) is 15.0 Å². The van der Waals surface area contributed by atoms with Crippen molar-refractivity contribution in [2.45, 2.75) is 37.9 Å². The van der Waals surface area contributed by atoms with E-state index in [0.29, 0.717) is 28.8 Å². The van der Waals surface area contributed by atoms with Crippen molar-refractivity contribution in [1.29, 1.82) is 0 Å². The van der Waals surface area contributed by atoms with Crippen molar-refractivity contribution in [3.63, 3.8) is 0 Å². The molecule has 166 valence electrons. The van der Waals surface area contributed by atoms with E-state index in [1.807, 2.05) is 35.0 Å². The molecule has 3 aliphatic rings. The van der Waals surface area contributed by atoms with Crippen molar-refractivity contribution >= 4 is 24.5 Å². The Morgan fingerprint density at radius 2 is 2.10 bits per heavy atom. The highest BCUT2D eigenvalue weighted by atomic mass is 35.5. The van der Waals surface area contributed by atoms with Crippen molar-refractivity contribution in [2.75, 3.05) is 32.4 Å². The summed E-state index contributed by atoms with van der Waals surface area (Å²) in [5.74, 6) is 1.30. The molecule has 2 bridgehead atoms. The van der Waals surface area contributed by atoms with Gasteiger partial charge in [0.05, 0.1) is 11.7 Å². The van der Waals surface area contributed by atoms with Crippen LogP contribution in [0.5, 0.6) is 5.75 Å². The van der Waals surface area contributed by atoms with Gasteiger partial charge >= 0.3 is 7.05 Å². The Hall–Kier alpha value is -1.94. The van der Waals surface area contributed by atoms with Crippen molar-refractivity contribution in [3.8, 4) is 17.0 Å². The number of rotatable bonds is 7. The fourth-order valence-electron chi connectivity index (χ4n) is 4.88. The standard InChI is InChI=1S/C21H27BClFN4O3/c1-22(29)28-11-13-4-8-17(28)20(24)21(13)27(2)19-9-7-16(25-26-19)15-6-5-14(23)10-18(15)31-12-30-3/h5-7,9-10,13,17,20-21,29H,4,8,11-12H2,1-3H3/t13?,17?,20-,21+/m0/s1. The molecule has 3 heterocycles. The van der Waals surface area contributed by atoms with Gasteiger partial charge in [0.2, 0.25) is 0 Å². The second-order valence-electron chi connectivity index (χ2n) is 8.25. The summed E-state index contributed by atoms with van der Waals surface area (Å²) in [4.78, 5) is 3.77. The topological polar surface area (TPSA) is 71.0 Å². The van der Waals surface area contributed by atoms with E-state index in [0.717, 1.165) is 18.4 Å². The van der Waals surface area contributed by atoms with E-state index in [4.69, 9.17) is 21.1 Å². The second-order valence-corrected chi connectivity index (χ2v) is 8.68. The zero-order valence-electron chi connectivity index (χ0n) is 17.9. The highest BCUT2D eigenvalue weighted by Crippen LogP contribution is 2.41. The molecule has 2 saturated heterocycles. The van der Waals surface area contributed by atoms with Gasteiger partial charge in [0, 0.05) is 30.8 Å². The molecule has 10 heteroatoms. The van der Waals surface area contributed by atoms with Crippen LogP contribution >= 0.6 is 11.6 Å². The quantitative estimate of drug-likeness (QED) is 0.515. The van der Waals surface area contributed by atoms with Gasteiger partial charge in [0.25, 0.3) is 0 Å². The molecule has 0 amide bonds. The highest BCUT2D eigenvalue weighted by Gasteiger charge is 2.51. The van der Waals surface area contributed by atoms with Gasteiger partial charge in [-0.25, -0.2) is 4.39 Å². The summed E-state index contributed by atoms with van der Waals surface area (Å²) in [6.45, 7) is 2.49. The number of aromatic nitrogens is 2. The molecule has 4 atom stereocenters. The lowest BCUT2D eigenvalue weighted by molar-refractivity contribution is 0.00393. The van der Waals surface area contributed by atoms with Crippen LogP contribution < -0.4 is 9.64 Å². The molecule has 2 aliphatic heterocycles. The molecule has 1 saturated carbocycles. The summed E-state index contributed by atoms with van der Waals surface area (Å²) in [5, 5.41) is 19.3. The first-order chi connectivity index (χ1) is 14.9. The van der Waals surface area contributed by atoms with Crippen LogP contribution in [0, 0.1) is 5.92 Å². The van der Waals surface area contributed by atoms with Crippen LogP contribution in [0.2, 0.25) is 11.8 Å². The van der Waals surface area contributed by atoms with Crippen LogP contribution in [-0.2, 0) is 4.74 Å². The molecular weight excluding hydrogens is 422 g/mol. The number of ether oxygens (including phenoxy) is 2. The maximum atomic E-state index is 15.4. The van der Waals surface area contributed by atoms with Crippen LogP contribution in [-0.4, -0.2) is 72.8 Å². The summed E-state index contributed by atoms with van der Waals surface area (Å²) in [6, 6.07) is 8.43. The molecule has 31 heavy (non-hydrogen) atoms. The Kier molecular flexibility index (Phi) is 6.67. The first kappa shape index (κ1) is 22.3. The third-order valence-corrected chi connectivity index (χ3v) is 6.61. The van der Waals surface area contributed by atoms with Crippen LogP contribution in [0.3, 0.4) is 0 Å². The smallest absolute Gasteiger partial charge is 0.376 e. The first-order valence-electron chi connectivity index (χ1n) is 10.5. The normalized spacial score (nSPS) is 25.5. The number of hydrogen-bond donors (Lipinski definition) is 1. The van der Waals surface area contributed by atoms with Crippen molar-refractivity contribution in [3.05, 3.63) is 35.4 Å². The zero-order chi connectivity index (χ0) is 22.1. The third-order valence-electron chi connectivity index (χ3n) is 6.37. The number of fused-ring (bicyclic) bond motifs is 3. The average molecular weight is 449 g/mol. The zero-order valence-corrected chi connectivity index (χ0v) is 18.7. The molecule has 7 nitrogen and oxygen atoms in total. The Bertz CT molecular complexity index is 905. The average Bonchev–Trinajstić information content (AvgIpc) is 2.77. The number of halogens is 2. The summed E-state index contributed by atoms with van der Waals surface area (Å²) < 4.78 is 26.0. The van der Waals surface area contributed by atoms with E-state index in [2.05, 4.69) is 10.2 Å². The first-order valence-corrected chi connectivity index (χ1v) is 10.8. The predicted molar refractivity (Wildman–Crippen MR) is 119 cm³/mol. The largest absolute Gasteiger partial charge is 0.467 e. The minimum atomic E-state index is -1.06. The summed E-state index contributed by atoms with van der Waals surface area (Å²) in [5.41, 5.74) is 1.37. The van der Waals surface area contributed by atoms with Crippen LogP contribution in [0.4, 0.5) is 10.2 Å². The van der Waals surface area contributed by atoms with Gasteiger partial charge in [0.15, 0.2) is 12.6 Å². The van der Waals surface area contributed by atoms with Gasteiger partial charge < -0.3 is 24.2 Å². The minimum absolute atomic E-state index is 0.0905. The van der Waals surface area contributed by atoms with Gasteiger partial charge in [0.1, 0.15) is 11.9 Å². The monoisotopic (exact) mass is 448 g/mol. The Balaban J connectivity index is 1.54. The van der Waals surface area contributed by atoms with E-state index >= 15 is 4.39 Å². The SMILES string of the molecule is COCOc1cc(Cl)ccc1-c1ccc(N(C)[C@@H]2C3CCC([C@@H]2F)N(B(C)O)C3)nn1. The Morgan fingerprint density at radius 3 is 2.74 bits per heavy atom. The van der Waals surface area contributed by atoms with Gasteiger partial charge in [-0.2, -0.15) is 0 Å². The fourth-order valence-corrected chi connectivity index (χ4v) is 5.04. The van der Waals surface area contributed by atoms with Crippen LogP contribution in [0.25, 0.3) is 11.3 Å². The molecule has 3 fully saturated rings. The molecule has 1 N–H and O–H groups in total. The number of hydrogen-bond acceptors (Lipinski definition) is 7. The summed E-state index contributed by atoms with van der Waals surface area (Å²) in [7, 11) is 2.78. The number of anilines is 1. The summed E-state index contributed by atoms with van der Waals surface area (Å²) in [6.07, 6.45) is 0.658. The van der Waals surface area contributed by atoms with Crippen LogP contribution in [0.15, 0.2) is 30.3 Å². The number of nitrogens with zero attached hydrogens (tertiary/aromatic N) is 4. The Morgan fingerprint density at radius 1 is 1.29 bits per heavy atom. The molecule has 0 radical (unpaired) electrons. The lowest BCUT2D eigenvalue weighted by Gasteiger charge is -2.54. The molecular formula is C21H27BClFN4O3. The number of piperidine rings is 2. The molecule has 0 spiro atoms. The highest BCUT2D eigenvalue weighted by molar-refractivity contribution is 6.45. The molecule has 5 rings (SSSR count). The number of alkyl halides is 1. The lowest BCUT2D eigenvalue weighted by Crippen LogP contribution is -2.68. The summed E-state index contributed by atoms with van der Waals surface area (Å²) >= 11 is 6.09. The van der Waals surface area contributed by atoms with E-state index in [9.17, 15) is 5.02 Å². The van der Waals surface area contributed by atoms with Crippen LogP contribution in [0.1, 0.15) is 12.8 Å². The molecule has 1 aromatic carbocycles. The maximum Gasteiger partial charge on any atom is 0.376 e. The van der Waals surface area contributed by atoms with E-state index < -0.39 is 13.2 Å². The molecule has 2 aromatic rings. The molecule has 1 aliphatic carbocycles. The predicted octanol–water partition coefficient (Wildman–Crippen LogP) is 3.13. The lowest BCUT2D eigenvalue weighted by atomic mass is 9.68. The van der Waals surface area contributed by atoms with E-state index in [1.165, 1.54) is 0 Å². The maximum absolute atomic E-state index is 15.4. The fraction of sp³-hybridized carbons (Fsp3) is 0.524. The van der Waals surface area contributed by atoms with E-state index in [-0.39, 0.29) is 24.8 Å². The van der Waals surface area contributed by atoms with Gasteiger partial charge in [-0.15, -0.1) is 10.2 Å². The third kappa shape index (κ3) is 4.37. The second kappa shape index (κ2) is 9.28. The van der Waals surface area contributed by atoms with Gasteiger partial charge in [-0.3, -0.25) is 0 Å². The van der Waals surface area contributed by atoms with Crippen molar-refractivity contribution in [2.24, 2.45) is 5.92 Å². The van der Waals surface area contributed by atoms with Gasteiger partial charge in [-0.1, -0.05) is 11.6 Å². The Labute approximate surface area is 187 Å². The van der Waals surface area contributed by atoms with E-state index in [1.54, 1.807) is 26.1 Å². The van der Waals surface area contributed by atoms with Gasteiger partial charge in [-0.05, 0) is 62.5 Å². The molecule has 2 unspecified atom stereocenters. The molecule has 1 aromatic heterocycles. The number of benzene rings is 1. The van der Waals surface area contributed by atoms with Crippen molar-refractivity contribution < 1.29 is 18.9 Å².